The number of anilines is 1. The van der Waals surface area contributed by atoms with E-state index >= 15 is 0 Å². The average Bonchev–Trinajstić information content (AvgIpc) is 2.63. The van der Waals surface area contributed by atoms with E-state index in [1.54, 1.807) is 18.3 Å². The Morgan fingerprint density at radius 3 is 2.76 bits per heavy atom. The van der Waals surface area contributed by atoms with Crippen LogP contribution in [0.2, 0.25) is 0 Å². The van der Waals surface area contributed by atoms with Gasteiger partial charge in [-0.15, -0.1) is 0 Å². The van der Waals surface area contributed by atoms with E-state index in [9.17, 15) is 9.18 Å². The number of nitrogens with one attached hydrogen (secondary N) is 1. The molecule has 25 heavy (non-hydrogen) atoms. The van der Waals surface area contributed by atoms with Crippen LogP contribution in [0.5, 0.6) is 6.01 Å². The summed E-state index contributed by atoms with van der Waals surface area (Å²) in [6.07, 6.45) is 3.64. The van der Waals surface area contributed by atoms with E-state index in [4.69, 9.17) is 4.74 Å². The molecule has 1 aromatic carbocycles. The maximum absolute atomic E-state index is 13.2. The van der Waals surface area contributed by atoms with Gasteiger partial charge in [0.2, 0.25) is 0 Å². The molecule has 0 atom stereocenters. The predicted molar refractivity (Wildman–Crippen MR) is 90.0 cm³/mol. The molecule has 0 aliphatic heterocycles. The monoisotopic (exact) mass is 338 g/mol. The standard InChI is InChI=1S/C18H15FN4O2/c1-25-18-20-8-7-15(22-18)17(24)23-16-6-5-13(11-21-16)9-12-3-2-4-14(19)10-12/h2-8,10-11H,9H2,1H3,(H,21,23,24). The molecule has 0 aliphatic carbocycles. The van der Waals surface area contributed by atoms with Crippen molar-refractivity contribution in [1.82, 2.24) is 15.0 Å². The molecule has 0 fully saturated rings. The molecule has 1 N–H and O–H groups in total. The highest BCUT2D eigenvalue weighted by atomic mass is 19.1. The molecular formula is C18H15FN4O2. The van der Waals surface area contributed by atoms with E-state index in [0.29, 0.717) is 12.2 Å². The first-order valence-electron chi connectivity index (χ1n) is 7.52. The number of carbonyl (C=O) groups excluding carboxylic acids is 1. The Hall–Kier alpha value is -3.35. The van der Waals surface area contributed by atoms with Crippen LogP contribution < -0.4 is 10.1 Å². The average molecular weight is 338 g/mol. The number of nitrogens with zero attached hydrogens (tertiary/aromatic N) is 3. The van der Waals surface area contributed by atoms with E-state index in [1.807, 2.05) is 12.1 Å². The van der Waals surface area contributed by atoms with Gasteiger partial charge in [-0.1, -0.05) is 18.2 Å². The Balaban J connectivity index is 1.66. The van der Waals surface area contributed by atoms with Crippen LogP contribution in [-0.2, 0) is 6.42 Å². The van der Waals surface area contributed by atoms with Gasteiger partial charge in [-0.2, -0.15) is 4.98 Å². The van der Waals surface area contributed by atoms with Gasteiger partial charge >= 0.3 is 6.01 Å². The fourth-order valence-corrected chi connectivity index (χ4v) is 2.23. The molecule has 0 bridgehead atoms. The van der Waals surface area contributed by atoms with E-state index in [2.05, 4.69) is 20.3 Å². The molecule has 3 aromatic rings. The van der Waals surface area contributed by atoms with Gasteiger partial charge in [-0.3, -0.25) is 4.79 Å². The molecule has 7 heteroatoms. The van der Waals surface area contributed by atoms with Crippen LogP contribution >= 0.6 is 0 Å². The Morgan fingerprint density at radius 1 is 1.16 bits per heavy atom. The largest absolute Gasteiger partial charge is 0.467 e. The van der Waals surface area contributed by atoms with Crippen molar-refractivity contribution in [3.05, 3.63) is 77.5 Å². The Labute approximate surface area is 143 Å². The fraction of sp³-hybridized carbons (Fsp3) is 0.111. The number of amides is 1. The summed E-state index contributed by atoms with van der Waals surface area (Å²) in [6.45, 7) is 0. The third-order valence-electron chi connectivity index (χ3n) is 3.41. The zero-order valence-corrected chi connectivity index (χ0v) is 13.4. The van der Waals surface area contributed by atoms with Crippen LogP contribution in [-0.4, -0.2) is 28.0 Å². The predicted octanol–water partition coefficient (Wildman–Crippen LogP) is 2.86. The SMILES string of the molecule is COc1nccc(C(=O)Nc2ccc(Cc3cccc(F)c3)cn2)n1. The van der Waals surface area contributed by atoms with Crippen molar-refractivity contribution in [2.24, 2.45) is 0 Å². The van der Waals surface area contributed by atoms with Crippen molar-refractivity contribution in [2.45, 2.75) is 6.42 Å². The quantitative estimate of drug-likeness (QED) is 0.774. The van der Waals surface area contributed by atoms with Crippen LogP contribution in [0.25, 0.3) is 0 Å². The van der Waals surface area contributed by atoms with Crippen molar-refractivity contribution in [1.29, 1.82) is 0 Å². The number of methoxy groups -OCH3 is 1. The summed E-state index contributed by atoms with van der Waals surface area (Å²) < 4.78 is 18.1. The maximum Gasteiger partial charge on any atom is 0.316 e. The van der Waals surface area contributed by atoms with E-state index in [0.717, 1.165) is 11.1 Å². The van der Waals surface area contributed by atoms with Gasteiger partial charge in [0.1, 0.15) is 17.3 Å². The molecule has 0 saturated heterocycles. The van der Waals surface area contributed by atoms with Crippen LogP contribution in [0.3, 0.4) is 0 Å². The number of ether oxygens (including phenoxy) is 1. The first-order valence-corrected chi connectivity index (χ1v) is 7.52. The Morgan fingerprint density at radius 2 is 2.04 bits per heavy atom. The smallest absolute Gasteiger partial charge is 0.316 e. The summed E-state index contributed by atoms with van der Waals surface area (Å²) in [7, 11) is 1.43. The third-order valence-corrected chi connectivity index (χ3v) is 3.41. The second kappa shape index (κ2) is 7.48. The zero-order valence-electron chi connectivity index (χ0n) is 13.4. The van der Waals surface area contributed by atoms with Crippen LogP contribution in [0.1, 0.15) is 21.6 Å². The van der Waals surface area contributed by atoms with Gasteiger partial charge in [0, 0.05) is 12.4 Å². The third kappa shape index (κ3) is 4.35. The number of benzene rings is 1. The minimum absolute atomic E-state index is 0.117. The van der Waals surface area contributed by atoms with Crippen LogP contribution in [0.4, 0.5) is 10.2 Å². The molecule has 0 aliphatic rings. The van der Waals surface area contributed by atoms with Crippen molar-refractivity contribution in [2.75, 3.05) is 12.4 Å². The Kier molecular flexibility index (Phi) is 4.94. The molecule has 0 unspecified atom stereocenters. The lowest BCUT2D eigenvalue weighted by Gasteiger charge is -2.06. The highest BCUT2D eigenvalue weighted by molar-refractivity contribution is 6.02. The van der Waals surface area contributed by atoms with Gasteiger partial charge in [0.15, 0.2) is 0 Å². The molecule has 126 valence electrons. The molecule has 0 radical (unpaired) electrons. The second-order valence-corrected chi connectivity index (χ2v) is 5.24. The highest BCUT2D eigenvalue weighted by Gasteiger charge is 2.10. The summed E-state index contributed by atoms with van der Waals surface area (Å²) in [5.41, 5.74) is 1.94. The minimum atomic E-state index is -0.411. The van der Waals surface area contributed by atoms with Gasteiger partial charge in [0.25, 0.3) is 5.91 Å². The summed E-state index contributed by atoms with van der Waals surface area (Å²) in [6, 6.07) is 11.5. The first kappa shape index (κ1) is 16.5. The molecule has 0 spiro atoms. The number of aromatic nitrogens is 3. The Bertz CT molecular complexity index is 884. The molecule has 2 aromatic heterocycles. The number of rotatable bonds is 5. The number of carbonyl (C=O) groups is 1. The summed E-state index contributed by atoms with van der Waals surface area (Å²) in [5.74, 6) is -0.286. The summed E-state index contributed by atoms with van der Waals surface area (Å²) >= 11 is 0. The molecular weight excluding hydrogens is 323 g/mol. The fourth-order valence-electron chi connectivity index (χ4n) is 2.23. The number of pyridine rings is 1. The lowest BCUT2D eigenvalue weighted by Crippen LogP contribution is -2.15. The lowest BCUT2D eigenvalue weighted by atomic mass is 10.1. The van der Waals surface area contributed by atoms with Crippen LogP contribution in [0, 0.1) is 5.82 Å². The number of halogens is 1. The van der Waals surface area contributed by atoms with Crippen LogP contribution in [0.15, 0.2) is 54.9 Å². The van der Waals surface area contributed by atoms with Gasteiger partial charge in [-0.05, 0) is 41.8 Å². The molecule has 1 amide bonds. The summed E-state index contributed by atoms with van der Waals surface area (Å²) in [5, 5.41) is 2.65. The van der Waals surface area contributed by atoms with Crippen molar-refractivity contribution in [3.63, 3.8) is 0 Å². The van der Waals surface area contributed by atoms with E-state index in [-0.39, 0.29) is 17.5 Å². The van der Waals surface area contributed by atoms with Gasteiger partial charge in [-0.25, -0.2) is 14.4 Å². The van der Waals surface area contributed by atoms with Crippen molar-refractivity contribution >= 4 is 11.7 Å². The molecule has 6 nitrogen and oxygen atoms in total. The first-order chi connectivity index (χ1) is 12.1. The second-order valence-electron chi connectivity index (χ2n) is 5.24. The molecule has 3 rings (SSSR count). The van der Waals surface area contributed by atoms with Crippen molar-refractivity contribution in [3.8, 4) is 6.01 Å². The minimum Gasteiger partial charge on any atom is -0.467 e. The van der Waals surface area contributed by atoms with Gasteiger partial charge in [0.05, 0.1) is 7.11 Å². The molecule has 0 saturated carbocycles. The molecule has 2 heterocycles. The summed E-state index contributed by atoms with van der Waals surface area (Å²) in [4.78, 5) is 24.2. The highest BCUT2D eigenvalue weighted by Crippen LogP contribution is 2.13. The number of hydrogen-bond acceptors (Lipinski definition) is 5. The van der Waals surface area contributed by atoms with E-state index in [1.165, 1.54) is 31.5 Å². The van der Waals surface area contributed by atoms with Gasteiger partial charge < -0.3 is 10.1 Å². The van der Waals surface area contributed by atoms with E-state index < -0.39 is 5.91 Å². The van der Waals surface area contributed by atoms with Crippen molar-refractivity contribution < 1.29 is 13.9 Å². The normalized spacial score (nSPS) is 10.3. The maximum atomic E-state index is 13.2. The topological polar surface area (TPSA) is 77.0 Å². The zero-order chi connectivity index (χ0) is 17.6. The number of hydrogen-bond donors (Lipinski definition) is 1. The lowest BCUT2D eigenvalue weighted by molar-refractivity contribution is 0.102.